The topological polar surface area (TPSA) is 55.1 Å². The third kappa shape index (κ3) is 4.31. The van der Waals surface area contributed by atoms with Gasteiger partial charge in [-0.3, -0.25) is 4.79 Å². The van der Waals surface area contributed by atoms with Crippen molar-refractivity contribution in [2.24, 2.45) is 0 Å². The van der Waals surface area contributed by atoms with E-state index in [-0.39, 0.29) is 17.8 Å². The van der Waals surface area contributed by atoms with Crippen LogP contribution in [-0.2, 0) is 4.79 Å². The smallest absolute Gasteiger partial charge is 0.244 e. The second-order valence-corrected chi connectivity index (χ2v) is 6.41. The van der Waals surface area contributed by atoms with Crippen molar-refractivity contribution < 1.29 is 13.7 Å². The minimum Gasteiger partial charge on any atom is -0.361 e. The summed E-state index contributed by atoms with van der Waals surface area (Å²) in [6, 6.07) is 14.0. The molecule has 2 aromatic carbocycles. The maximum absolute atomic E-state index is 13.6. The number of nitrogens with zero attached hydrogens (tertiary/aromatic N) is 1. The molecule has 0 spiro atoms. The summed E-state index contributed by atoms with van der Waals surface area (Å²) >= 11 is 0. The summed E-state index contributed by atoms with van der Waals surface area (Å²) in [5, 5.41) is 6.89. The molecular formula is C22H21FN2O2. The number of carbonyl (C=O) groups is 1. The van der Waals surface area contributed by atoms with E-state index in [4.69, 9.17) is 4.52 Å². The maximum atomic E-state index is 13.6. The number of nitrogens with one attached hydrogen (secondary N) is 1. The molecule has 0 fully saturated rings. The Labute approximate surface area is 157 Å². The quantitative estimate of drug-likeness (QED) is 0.649. The van der Waals surface area contributed by atoms with Crippen LogP contribution in [0.1, 0.15) is 35.5 Å². The molecule has 0 aliphatic rings. The number of halogens is 1. The van der Waals surface area contributed by atoms with Gasteiger partial charge < -0.3 is 9.84 Å². The highest BCUT2D eigenvalue weighted by molar-refractivity contribution is 5.92. The van der Waals surface area contributed by atoms with E-state index in [2.05, 4.69) is 10.5 Å². The van der Waals surface area contributed by atoms with Gasteiger partial charge in [0.2, 0.25) is 5.91 Å². The predicted octanol–water partition coefficient (Wildman–Crippen LogP) is 4.99. The van der Waals surface area contributed by atoms with Gasteiger partial charge in [-0.1, -0.05) is 41.6 Å². The van der Waals surface area contributed by atoms with Crippen LogP contribution in [0.25, 0.3) is 17.2 Å². The highest BCUT2D eigenvalue weighted by atomic mass is 19.1. The Morgan fingerprint density at radius 2 is 1.96 bits per heavy atom. The Morgan fingerprint density at radius 3 is 2.67 bits per heavy atom. The first-order valence-corrected chi connectivity index (χ1v) is 8.72. The number of aromatic nitrogens is 1. The monoisotopic (exact) mass is 364 g/mol. The predicted molar refractivity (Wildman–Crippen MR) is 103 cm³/mol. The summed E-state index contributed by atoms with van der Waals surface area (Å²) in [4.78, 5) is 12.2. The van der Waals surface area contributed by atoms with Crippen LogP contribution in [0.15, 0.2) is 59.1 Å². The van der Waals surface area contributed by atoms with Crippen LogP contribution in [0, 0.1) is 19.7 Å². The SMILES string of the molecule is Cc1noc(C)c1-c1cccc([C@H](C)NC(=O)C=Cc2ccccc2F)c1. The van der Waals surface area contributed by atoms with Crippen LogP contribution in [0.2, 0.25) is 0 Å². The Kier molecular flexibility index (Phi) is 5.50. The Hall–Kier alpha value is -3.21. The fourth-order valence-electron chi connectivity index (χ4n) is 2.98. The first-order chi connectivity index (χ1) is 13.0. The van der Waals surface area contributed by atoms with Gasteiger partial charge in [0.05, 0.1) is 11.7 Å². The minimum atomic E-state index is -0.359. The van der Waals surface area contributed by atoms with Gasteiger partial charge in [0, 0.05) is 17.2 Å². The Balaban J connectivity index is 1.73. The molecular weight excluding hydrogens is 343 g/mol. The van der Waals surface area contributed by atoms with Crippen LogP contribution in [-0.4, -0.2) is 11.1 Å². The second kappa shape index (κ2) is 7.99. The average Bonchev–Trinajstić information content (AvgIpc) is 2.99. The van der Waals surface area contributed by atoms with Crippen LogP contribution in [0.5, 0.6) is 0 Å². The van der Waals surface area contributed by atoms with E-state index < -0.39 is 0 Å². The first kappa shape index (κ1) is 18.6. The van der Waals surface area contributed by atoms with Gasteiger partial charge in [-0.2, -0.15) is 0 Å². The number of amides is 1. The molecule has 1 amide bonds. The lowest BCUT2D eigenvalue weighted by atomic mass is 9.99. The number of hydrogen-bond donors (Lipinski definition) is 1. The molecule has 138 valence electrons. The summed E-state index contributed by atoms with van der Waals surface area (Å²) < 4.78 is 18.9. The third-order valence-electron chi connectivity index (χ3n) is 4.39. The molecule has 0 radical (unpaired) electrons. The van der Waals surface area contributed by atoms with Gasteiger partial charge in [0.1, 0.15) is 11.6 Å². The van der Waals surface area contributed by atoms with E-state index in [0.717, 1.165) is 28.1 Å². The zero-order valence-electron chi connectivity index (χ0n) is 15.5. The first-order valence-electron chi connectivity index (χ1n) is 8.72. The summed E-state index contributed by atoms with van der Waals surface area (Å²) in [5.74, 6) is 0.115. The third-order valence-corrected chi connectivity index (χ3v) is 4.39. The lowest BCUT2D eigenvalue weighted by Crippen LogP contribution is -2.24. The lowest BCUT2D eigenvalue weighted by Gasteiger charge is -2.14. The lowest BCUT2D eigenvalue weighted by molar-refractivity contribution is -0.117. The molecule has 5 heteroatoms. The van der Waals surface area contributed by atoms with Crippen molar-refractivity contribution in [2.75, 3.05) is 0 Å². The minimum absolute atomic E-state index is 0.205. The zero-order chi connectivity index (χ0) is 19.4. The van der Waals surface area contributed by atoms with Gasteiger partial charge in [0.25, 0.3) is 0 Å². The van der Waals surface area contributed by atoms with Crippen molar-refractivity contribution >= 4 is 12.0 Å². The summed E-state index contributed by atoms with van der Waals surface area (Å²) in [5.41, 5.74) is 4.12. The van der Waals surface area contributed by atoms with E-state index in [1.54, 1.807) is 18.2 Å². The maximum Gasteiger partial charge on any atom is 0.244 e. The van der Waals surface area contributed by atoms with Crippen LogP contribution in [0.3, 0.4) is 0 Å². The van der Waals surface area contributed by atoms with E-state index >= 15 is 0 Å². The van der Waals surface area contributed by atoms with E-state index in [0.29, 0.717) is 5.56 Å². The van der Waals surface area contributed by atoms with Gasteiger partial charge >= 0.3 is 0 Å². The number of aryl methyl sites for hydroxylation is 2. The highest BCUT2D eigenvalue weighted by Gasteiger charge is 2.14. The number of hydrogen-bond acceptors (Lipinski definition) is 3. The zero-order valence-corrected chi connectivity index (χ0v) is 15.5. The standard InChI is InChI=1S/C22H21FN2O2/c1-14(24-21(26)12-11-17-7-4-5-10-20(17)23)18-8-6-9-19(13-18)22-15(2)25-27-16(22)3/h4-14H,1-3H3,(H,24,26)/t14-/m0/s1. The van der Waals surface area contributed by atoms with Crippen molar-refractivity contribution in [3.63, 3.8) is 0 Å². The largest absolute Gasteiger partial charge is 0.361 e. The molecule has 0 saturated heterocycles. The molecule has 0 saturated carbocycles. The molecule has 1 heterocycles. The van der Waals surface area contributed by atoms with E-state index in [1.165, 1.54) is 18.2 Å². The van der Waals surface area contributed by atoms with Crippen molar-refractivity contribution in [2.45, 2.75) is 26.8 Å². The molecule has 27 heavy (non-hydrogen) atoms. The Morgan fingerprint density at radius 1 is 1.19 bits per heavy atom. The molecule has 3 rings (SSSR count). The molecule has 1 atom stereocenters. The van der Waals surface area contributed by atoms with Gasteiger partial charge in [-0.05, 0) is 50.1 Å². The van der Waals surface area contributed by atoms with Crippen molar-refractivity contribution in [1.82, 2.24) is 10.5 Å². The number of rotatable bonds is 5. The summed E-state index contributed by atoms with van der Waals surface area (Å²) in [6.07, 6.45) is 2.81. The molecule has 1 aromatic heterocycles. The normalized spacial score (nSPS) is 12.3. The van der Waals surface area contributed by atoms with Gasteiger partial charge in [0.15, 0.2) is 0 Å². The van der Waals surface area contributed by atoms with E-state index in [1.807, 2.05) is 45.0 Å². The highest BCUT2D eigenvalue weighted by Crippen LogP contribution is 2.28. The number of benzene rings is 2. The molecule has 0 bridgehead atoms. The molecule has 4 nitrogen and oxygen atoms in total. The average molecular weight is 364 g/mol. The van der Waals surface area contributed by atoms with Crippen molar-refractivity contribution in [1.29, 1.82) is 0 Å². The molecule has 1 N–H and O–H groups in total. The summed E-state index contributed by atoms with van der Waals surface area (Å²) in [7, 11) is 0. The van der Waals surface area contributed by atoms with Crippen molar-refractivity contribution in [3.05, 3.63) is 83.0 Å². The molecule has 0 unspecified atom stereocenters. The van der Waals surface area contributed by atoms with Gasteiger partial charge in [-0.25, -0.2) is 4.39 Å². The molecule has 0 aliphatic carbocycles. The Bertz CT molecular complexity index is 972. The van der Waals surface area contributed by atoms with Gasteiger partial charge in [-0.15, -0.1) is 0 Å². The van der Waals surface area contributed by atoms with Crippen LogP contribution >= 0.6 is 0 Å². The van der Waals surface area contributed by atoms with Crippen LogP contribution in [0.4, 0.5) is 4.39 Å². The molecule has 0 aliphatic heterocycles. The molecule has 3 aromatic rings. The van der Waals surface area contributed by atoms with Crippen molar-refractivity contribution in [3.8, 4) is 11.1 Å². The van der Waals surface area contributed by atoms with E-state index in [9.17, 15) is 9.18 Å². The fourth-order valence-corrected chi connectivity index (χ4v) is 2.98. The number of carbonyl (C=O) groups excluding carboxylic acids is 1. The summed E-state index contributed by atoms with van der Waals surface area (Å²) in [6.45, 7) is 5.68. The van der Waals surface area contributed by atoms with Crippen LogP contribution < -0.4 is 5.32 Å². The second-order valence-electron chi connectivity index (χ2n) is 6.41. The fraction of sp³-hybridized carbons (Fsp3) is 0.182.